The number of hydrogen-bond acceptors (Lipinski definition) is 6. The van der Waals surface area contributed by atoms with E-state index in [4.69, 9.17) is 9.15 Å². The van der Waals surface area contributed by atoms with Gasteiger partial charge in [-0.3, -0.25) is 9.59 Å². The lowest BCUT2D eigenvalue weighted by atomic mass is 10.2. The first-order chi connectivity index (χ1) is 12.6. The maximum atomic E-state index is 12.4. The highest BCUT2D eigenvalue weighted by molar-refractivity contribution is 5.75. The minimum atomic E-state index is -0.360. The second-order valence-corrected chi connectivity index (χ2v) is 5.63. The molecule has 8 nitrogen and oxygen atoms in total. The van der Waals surface area contributed by atoms with Crippen LogP contribution >= 0.6 is 0 Å². The van der Waals surface area contributed by atoms with Crippen molar-refractivity contribution >= 4 is 5.91 Å². The minimum Gasteiger partial charge on any atom is -0.491 e. The van der Waals surface area contributed by atoms with Gasteiger partial charge in [0.25, 0.3) is 5.56 Å². The molecule has 0 bridgehead atoms. The molecule has 3 rings (SSSR count). The smallest absolute Gasteiger partial charge is 0.293 e. The number of nitrogens with zero attached hydrogens (tertiary/aromatic N) is 4. The van der Waals surface area contributed by atoms with Gasteiger partial charge in [0.1, 0.15) is 6.54 Å². The third kappa shape index (κ3) is 3.80. The Morgan fingerprint density at radius 1 is 1.19 bits per heavy atom. The number of methoxy groups -OCH3 is 1. The van der Waals surface area contributed by atoms with Crippen LogP contribution in [0.15, 0.2) is 57.9 Å². The lowest BCUT2D eigenvalue weighted by molar-refractivity contribution is -0.131. The van der Waals surface area contributed by atoms with E-state index in [1.54, 1.807) is 19.2 Å². The molecule has 0 aliphatic heterocycles. The highest BCUT2D eigenvalue weighted by Crippen LogP contribution is 2.17. The highest BCUT2D eigenvalue weighted by Gasteiger charge is 2.16. The van der Waals surface area contributed by atoms with Gasteiger partial charge in [0.2, 0.25) is 17.7 Å². The number of amides is 1. The van der Waals surface area contributed by atoms with Gasteiger partial charge >= 0.3 is 0 Å². The maximum absolute atomic E-state index is 12.4. The van der Waals surface area contributed by atoms with E-state index in [1.165, 1.54) is 22.8 Å². The molecular formula is C18H18N4O4. The summed E-state index contributed by atoms with van der Waals surface area (Å²) < 4.78 is 11.9. The number of aromatic nitrogens is 3. The fraction of sp³-hybridized carbons (Fsp3) is 0.222. The Kier molecular flexibility index (Phi) is 5.12. The van der Waals surface area contributed by atoms with E-state index < -0.39 is 0 Å². The van der Waals surface area contributed by atoms with Gasteiger partial charge in [-0.25, -0.2) is 0 Å². The maximum Gasteiger partial charge on any atom is 0.293 e. The Balaban J connectivity index is 1.67. The molecule has 2 aromatic heterocycles. The number of ether oxygens (including phenoxy) is 1. The Labute approximate surface area is 149 Å². The van der Waals surface area contributed by atoms with Crippen LogP contribution in [0.1, 0.15) is 5.89 Å². The van der Waals surface area contributed by atoms with E-state index in [1.807, 2.05) is 30.3 Å². The van der Waals surface area contributed by atoms with Crippen LogP contribution in [0.4, 0.5) is 0 Å². The van der Waals surface area contributed by atoms with Crippen molar-refractivity contribution in [1.29, 1.82) is 0 Å². The van der Waals surface area contributed by atoms with E-state index in [0.717, 1.165) is 5.56 Å². The van der Waals surface area contributed by atoms with Crippen molar-refractivity contribution in [2.24, 2.45) is 0 Å². The average molecular weight is 354 g/mol. The zero-order valence-corrected chi connectivity index (χ0v) is 14.5. The van der Waals surface area contributed by atoms with Crippen LogP contribution in [0.25, 0.3) is 11.5 Å². The molecule has 2 heterocycles. The number of likely N-dealkylation sites (N-methyl/N-ethyl adjacent to an activating group) is 1. The molecule has 0 radical (unpaired) electrons. The summed E-state index contributed by atoms with van der Waals surface area (Å²) >= 11 is 0. The molecule has 0 unspecified atom stereocenters. The third-order valence-corrected chi connectivity index (χ3v) is 3.80. The van der Waals surface area contributed by atoms with Gasteiger partial charge in [0, 0.05) is 18.8 Å². The lowest BCUT2D eigenvalue weighted by Gasteiger charge is -2.16. The van der Waals surface area contributed by atoms with Gasteiger partial charge in [-0.05, 0) is 24.3 Å². The van der Waals surface area contributed by atoms with Crippen molar-refractivity contribution in [3.05, 3.63) is 64.9 Å². The summed E-state index contributed by atoms with van der Waals surface area (Å²) in [6, 6.07) is 12.6. The van der Waals surface area contributed by atoms with Crippen molar-refractivity contribution < 1.29 is 13.9 Å². The molecular weight excluding hydrogens is 336 g/mol. The molecule has 1 aromatic carbocycles. The molecule has 0 atom stereocenters. The van der Waals surface area contributed by atoms with Gasteiger partial charge < -0.3 is 18.6 Å². The first-order valence-corrected chi connectivity index (χ1v) is 7.93. The Bertz CT molecular complexity index is 949. The molecule has 0 spiro atoms. The topological polar surface area (TPSA) is 90.5 Å². The van der Waals surface area contributed by atoms with Crippen LogP contribution in [0.3, 0.4) is 0 Å². The normalized spacial score (nSPS) is 10.5. The van der Waals surface area contributed by atoms with Crippen molar-refractivity contribution in [3.8, 4) is 17.2 Å². The molecule has 8 heteroatoms. The number of carbonyl (C=O) groups is 1. The summed E-state index contributed by atoms with van der Waals surface area (Å²) in [4.78, 5) is 25.9. The van der Waals surface area contributed by atoms with Gasteiger partial charge in [-0.1, -0.05) is 18.2 Å². The Morgan fingerprint density at radius 3 is 2.69 bits per heavy atom. The predicted octanol–water partition coefficient (Wildman–Crippen LogP) is 1.57. The largest absolute Gasteiger partial charge is 0.491 e. The molecule has 0 N–H and O–H groups in total. The second-order valence-electron chi connectivity index (χ2n) is 5.63. The fourth-order valence-corrected chi connectivity index (χ4v) is 2.37. The van der Waals surface area contributed by atoms with Gasteiger partial charge in [-0.2, -0.15) is 0 Å². The van der Waals surface area contributed by atoms with Gasteiger partial charge in [-0.15, -0.1) is 10.2 Å². The predicted molar refractivity (Wildman–Crippen MR) is 93.5 cm³/mol. The third-order valence-electron chi connectivity index (χ3n) is 3.80. The van der Waals surface area contributed by atoms with E-state index in [-0.39, 0.29) is 30.3 Å². The number of benzene rings is 1. The molecule has 0 aliphatic rings. The highest BCUT2D eigenvalue weighted by atomic mass is 16.5. The van der Waals surface area contributed by atoms with Crippen LogP contribution in [-0.2, 0) is 17.9 Å². The standard InChI is InChI=1S/C18H18N4O4/c1-21(16(23)12-22-10-6-9-14(25-2)18(22)24)11-15-19-20-17(26-15)13-7-4-3-5-8-13/h3-10H,11-12H2,1-2H3. The number of rotatable bonds is 6. The molecule has 0 saturated heterocycles. The summed E-state index contributed by atoms with van der Waals surface area (Å²) in [5.74, 6) is 0.635. The molecule has 3 aromatic rings. The van der Waals surface area contributed by atoms with E-state index in [2.05, 4.69) is 10.2 Å². The number of carbonyl (C=O) groups excluding carboxylic acids is 1. The van der Waals surface area contributed by atoms with E-state index >= 15 is 0 Å². The summed E-state index contributed by atoms with van der Waals surface area (Å²) in [5, 5.41) is 7.96. The first-order valence-electron chi connectivity index (χ1n) is 7.93. The Hall–Kier alpha value is -3.42. The fourth-order valence-electron chi connectivity index (χ4n) is 2.37. The van der Waals surface area contributed by atoms with E-state index in [0.29, 0.717) is 11.8 Å². The van der Waals surface area contributed by atoms with Gasteiger partial charge in [0.05, 0.1) is 13.7 Å². The zero-order chi connectivity index (χ0) is 18.5. The van der Waals surface area contributed by atoms with Crippen LogP contribution in [0, 0.1) is 0 Å². The van der Waals surface area contributed by atoms with Crippen LogP contribution < -0.4 is 10.3 Å². The van der Waals surface area contributed by atoms with Gasteiger partial charge in [0.15, 0.2) is 5.75 Å². The van der Waals surface area contributed by atoms with Crippen molar-refractivity contribution in [2.75, 3.05) is 14.2 Å². The number of hydrogen-bond donors (Lipinski definition) is 0. The summed E-state index contributed by atoms with van der Waals surface area (Å²) in [7, 11) is 3.02. The molecule has 26 heavy (non-hydrogen) atoms. The van der Waals surface area contributed by atoms with Crippen molar-refractivity contribution in [3.63, 3.8) is 0 Å². The average Bonchev–Trinajstić information content (AvgIpc) is 3.12. The SMILES string of the molecule is COc1cccn(CC(=O)N(C)Cc2nnc(-c3ccccc3)o2)c1=O. The quantitative estimate of drug-likeness (QED) is 0.667. The summed E-state index contributed by atoms with van der Waals surface area (Å²) in [6.07, 6.45) is 1.54. The van der Waals surface area contributed by atoms with Crippen LogP contribution in [-0.4, -0.2) is 39.7 Å². The molecule has 1 amide bonds. The monoisotopic (exact) mass is 354 g/mol. The Morgan fingerprint density at radius 2 is 1.96 bits per heavy atom. The summed E-state index contributed by atoms with van der Waals surface area (Å²) in [6.45, 7) is 0.0452. The van der Waals surface area contributed by atoms with Crippen LogP contribution in [0.2, 0.25) is 0 Å². The second kappa shape index (κ2) is 7.64. The number of pyridine rings is 1. The van der Waals surface area contributed by atoms with Crippen molar-refractivity contribution in [2.45, 2.75) is 13.1 Å². The lowest BCUT2D eigenvalue weighted by Crippen LogP contribution is -2.33. The summed E-state index contributed by atoms with van der Waals surface area (Å²) in [5.41, 5.74) is 0.448. The van der Waals surface area contributed by atoms with Crippen LogP contribution in [0.5, 0.6) is 5.75 Å². The molecule has 0 fully saturated rings. The van der Waals surface area contributed by atoms with Crippen molar-refractivity contribution in [1.82, 2.24) is 19.7 Å². The molecule has 0 aliphatic carbocycles. The first kappa shape index (κ1) is 17.4. The molecule has 0 saturated carbocycles. The van der Waals surface area contributed by atoms with E-state index in [9.17, 15) is 9.59 Å². The zero-order valence-electron chi connectivity index (χ0n) is 14.5. The minimum absolute atomic E-state index is 0.105. The molecule has 134 valence electrons.